The largest absolute Gasteiger partial charge is 0.497 e. The Labute approximate surface area is 191 Å². The molecule has 0 unspecified atom stereocenters. The van der Waals surface area contributed by atoms with E-state index in [2.05, 4.69) is 6.07 Å². The van der Waals surface area contributed by atoms with Crippen molar-refractivity contribution in [1.82, 2.24) is 14.1 Å². The zero-order chi connectivity index (χ0) is 22.5. The van der Waals surface area contributed by atoms with E-state index < -0.39 is 0 Å². The van der Waals surface area contributed by atoms with E-state index in [1.165, 1.54) is 0 Å². The molecular weight excluding hydrogens is 422 g/mol. The number of rotatable bonds is 9. The molecular formula is C25H27N3O3S. The molecule has 0 radical (unpaired) electrons. The van der Waals surface area contributed by atoms with Gasteiger partial charge in [0, 0.05) is 44.8 Å². The van der Waals surface area contributed by atoms with Crippen LogP contribution in [-0.2, 0) is 24.1 Å². The lowest BCUT2D eigenvalue weighted by atomic mass is 10.1. The van der Waals surface area contributed by atoms with E-state index in [9.17, 15) is 4.79 Å². The lowest BCUT2D eigenvalue weighted by Gasteiger charge is -2.13. The van der Waals surface area contributed by atoms with Crippen LogP contribution in [0.2, 0.25) is 0 Å². The van der Waals surface area contributed by atoms with Crippen molar-refractivity contribution >= 4 is 22.8 Å². The highest BCUT2D eigenvalue weighted by Gasteiger charge is 2.18. The van der Waals surface area contributed by atoms with Gasteiger partial charge < -0.3 is 14.0 Å². The van der Waals surface area contributed by atoms with Crippen LogP contribution in [0, 0.1) is 0 Å². The highest BCUT2D eigenvalue weighted by molar-refractivity contribution is 7.98. The van der Waals surface area contributed by atoms with Crippen molar-refractivity contribution in [2.24, 2.45) is 7.05 Å². The molecule has 0 spiro atoms. The highest BCUT2D eigenvalue weighted by atomic mass is 32.2. The Bertz CT molecular complexity index is 1260. The number of methoxy groups -OCH3 is 2. The SMILES string of the molecule is COCCCn1c(SCc2cccc(OC)c2)nc2c(-c3ccccc3)cn(C)c2c1=O. The molecule has 0 amide bonds. The van der Waals surface area contributed by atoms with E-state index in [0.29, 0.717) is 29.6 Å². The third-order valence-corrected chi connectivity index (χ3v) is 6.41. The monoisotopic (exact) mass is 449 g/mol. The average Bonchev–Trinajstić information content (AvgIpc) is 3.16. The number of hydrogen-bond acceptors (Lipinski definition) is 5. The molecule has 0 fully saturated rings. The summed E-state index contributed by atoms with van der Waals surface area (Å²) in [4.78, 5) is 18.6. The standard InChI is InChI=1S/C25H27N3O3S/c1-27-16-21(19-10-5-4-6-11-19)22-23(27)24(29)28(13-8-14-30-2)25(26-22)32-17-18-9-7-12-20(15-18)31-3/h4-7,9-12,15-16H,8,13-14,17H2,1-3H3. The van der Waals surface area contributed by atoms with Crippen molar-refractivity contribution in [3.05, 3.63) is 76.7 Å². The first-order chi connectivity index (χ1) is 15.6. The zero-order valence-electron chi connectivity index (χ0n) is 18.6. The van der Waals surface area contributed by atoms with E-state index in [4.69, 9.17) is 14.5 Å². The molecule has 0 saturated heterocycles. The molecule has 2 heterocycles. The predicted octanol–water partition coefficient (Wildman–Crippen LogP) is 4.74. The van der Waals surface area contributed by atoms with Gasteiger partial charge in [-0.15, -0.1) is 0 Å². The van der Waals surface area contributed by atoms with E-state index >= 15 is 0 Å². The molecule has 4 aromatic rings. The molecule has 166 valence electrons. The summed E-state index contributed by atoms with van der Waals surface area (Å²) in [5.41, 5.74) is 4.46. The number of hydrogen-bond donors (Lipinski definition) is 0. The summed E-state index contributed by atoms with van der Waals surface area (Å²) >= 11 is 1.57. The van der Waals surface area contributed by atoms with Crippen molar-refractivity contribution < 1.29 is 9.47 Å². The van der Waals surface area contributed by atoms with E-state index in [1.54, 1.807) is 30.5 Å². The fraction of sp³-hybridized carbons (Fsp3) is 0.280. The molecule has 4 rings (SSSR count). The number of aromatic nitrogens is 3. The topological polar surface area (TPSA) is 58.3 Å². The molecule has 0 saturated carbocycles. The van der Waals surface area contributed by atoms with Gasteiger partial charge in [-0.05, 0) is 29.7 Å². The molecule has 0 aliphatic carbocycles. The summed E-state index contributed by atoms with van der Waals surface area (Å²) in [6.07, 6.45) is 2.73. The van der Waals surface area contributed by atoms with Gasteiger partial charge in [0.05, 0.1) is 7.11 Å². The fourth-order valence-corrected chi connectivity index (χ4v) is 4.72. The number of fused-ring (bicyclic) bond motifs is 1. The maximum atomic E-state index is 13.5. The molecule has 2 aromatic carbocycles. The van der Waals surface area contributed by atoms with Crippen LogP contribution in [0.4, 0.5) is 0 Å². The van der Waals surface area contributed by atoms with Crippen LogP contribution in [-0.4, -0.2) is 34.9 Å². The summed E-state index contributed by atoms with van der Waals surface area (Å²) in [7, 11) is 5.24. The Hall–Kier alpha value is -3.03. The second-order valence-electron chi connectivity index (χ2n) is 7.55. The lowest BCUT2D eigenvalue weighted by Crippen LogP contribution is -2.25. The van der Waals surface area contributed by atoms with Crippen LogP contribution in [0.15, 0.2) is 70.7 Å². The van der Waals surface area contributed by atoms with E-state index in [-0.39, 0.29) is 5.56 Å². The van der Waals surface area contributed by atoms with Gasteiger partial charge in [-0.2, -0.15) is 0 Å². The van der Waals surface area contributed by atoms with Crippen LogP contribution in [0.3, 0.4) is 0 Å². The van der Waals surface area contributed by atoms with Gasteiger partial charge in [-0.1, -0.05) is 54.2 Å². The minimum atomic E-state index is -0.0241. The van der Waals surface area contributed by atoms with Gasteiger partial charge in [0.1, 0.15) is 16.8 Å². The van der Waals surface area contributed by atoms with Crippen molar-refractivity contribution in [2.75, 3.05) is 20.8 Å². The fourth-order valence-electron chi connectivity index (χ4n) is 3.76. The normalized spacial score (nSPS) is 11.2. The molecule has 32 heavy (non-hydrogen) atoms. The Morgan fingerprint density at radius 2 is 1.88 bits per heavy atom. The van der Waals surface area contributed by atoms with Crippen LogP contribution in [0.25, 0.3) is 22.2 Å². The minimum Gasteiger partial charge on any atom is -0.497 e. The summed E-state index contributed by atoms with van der Waals surface area (Å²) in [5, 5.41) is 0.713. The van der Waals surface area contributed by atoms with Gasteiger partial charge in [-0.3, -0.25) is 9.36 Å². The Morgan fingerprint density at radius 3 is 2.62 bits per heavy atom. The maximum absolute atomic E-state index is 13.5. The Kier molecular flexibility index (Phi) is 6.97. The van der Waals surface area contributed by atoms with Crippen molar-refractivity contribution in [3.63, 3.8) is 0 Å². The smallest absolute Gasteiger partial charge is 0.278 e. The Morgan fingerprint density at radius 1 is 1.06 bits per heavy atom. The molecule has 7 heteroatoms. The summed E-state index contributed by atoms with van der Waals surface area (Å²) in [6, 6.07) is 18.0. The summed E-state index contributed by atoms with van der Waals surface area (Å²) in [5.74, 6) is 1.51. The molecule has 0 aliphatic heterocycles. The highest BCUT2D eigenvalue weighted by Crippen LogP contribution is 2.30. The third kappa shape index (κ3) is 4.59. The Balaban J connectivity index is 1.79. The first-order valence-electron chi connectivity index (χ1n) is 10.5. The molecule has 0 atom stereocenters. The zero-order valence-corrected chi connectivity index (χ0v) is 19.4. The predicted molar refractivity (Wildman–Crippen MR) is 129 cm³/mol. The molecule has 2 aromatic heterocycles. The van der Waals surface area contributed by atoms with Crippen molar-refractivity contribution in [1.29, 1.82) is 0 Å². The van der Waals surface area contributed by atoms with Gasteiger partial charge in [0.2, 0.25) is 0 Å². The number of aryl methyl sites for hydroxylation is 1. The summed E-state index contributed by atoms with van der Waals surface area (Å²) < 4.78 is 14.2. The number of nitrogens with zero attached hydrogens (tertiary/aromatic N) is 3. The van der Waals surface area contributed by atoms with Crippen molar-refractivity contribution in [2.45, 2.75) is 23.9 Å². The first-order valence-corrected chi connectivity index (χ1v) is 11.5. The van der Waals surface area contributed by atoms with Gasteiger partial charge >= 0.3 is 0 Å². The second kappa shape index (κ2) is 10.1. The van der Waals surface area contributed by atoms with Crippen LogP contribution >= 0.6 is 11.8 Å². The minimum absolute atomic E-state index is 0.0241. The lowest BCUT2D eigenvalue weighted by molar-refractivity contribution is 0.189. The molecule has 0 N–H and O–H groups in total. The van der Waals surface area contributed by atoms with E-state index in [0.717, 1.165) is 34.4 Å². The van der Waals surface area contributed by atoms with Crippen LogP contribution in [0.1, 0.15) is 12.0 Å². The number of benzene rings is 2. The van der Waals surface area contributed by atoms with Crippen LogP contribution < -0.4 is 10.3 Å². The van der Waals surface area contributed by atoms with Crippen LogP contribution in [0.5, 0.6) is 5.75 Å². The second-order valence-corrected chi connectivity index (χ2v) is 8.50. The van der Waals surface area contributed by atoms with E-state index in [1.807, 2.05) is 66.3 Å². The van der Waals surface area contributed by atoms with Gasteiger partial charge in [-0.25, -0.2) is 4.98 Å². The molecule has 6 nitrogen and oxygen atoms in total. The van der Waals surface area contributed by atoms with Gasteiger partial charge in [0.15, 0.2) is 5.16 Å². The average molecular weight is 450 g/mol. The third-order valence-electron chi connectivity index (χ3n) is 5.36. The molecule has 0 aliphatic rings. The van der Waals surface area contributed by atoms with Crippen molar-refractivity contribution in [3.8, 4) is 16.9 Å². The van der Waals surface area contributed by atoms with Gasteiger partial charge in [0.25, 0.3) is 5.56 Å². The first kappa shape index (κ1) is 22.2. The number of thioether (sulfide) groups is 1. The molecule has 0 bridgehead atoms. The number of ether oxygens (including phenoxy) is 2. The summed E-state index contributed by atoms with van der Waals surface area (Å²) in [6.45, 7) is 1.15. The maximum Gasteiger partial charge on any atom is 0.278 e. The quantitative estimate of drug-likeness (QED) is 0.210.